The zero-order chi connectivity index (χ0) is 10.3. The van der Waals surface area contributed by atoms with Crippen molar-refractivity contribution in [2.75, 3.05) is 5.73 Å². The van der Waals surface area contributed by atoms with Gasteiger partial charge in [0.15, 0.2) is 11.6 Å². The molecule has 14 heavy (non-hydrogen) atoms. The topological polar surface area (TPSA) is 65.2 Å². The fraction of sp³-hybridized carbons (Fsp3) is 0.300. The molecular weight excluding hydrogens is 180 g/mol. The van der Waals surface area contributed by atoms with E-state index in [4.69, 9.17) is 14.7 Å². The van der Waals surface area contributed by atoms with Gasteiger partial charge in [0.05, 0.1) is 5.56 Å². The smallest absolute Gasteiger partial charge is 0.172 e. The van der Waals surface area contributed by atoms with Crippen molar-refractivity contribution in [3.05, 3.63) is 23.2 Å². The summed E-state index contributed by atoms with van der Waals surface area (Å²) in [7, 11) is 0. The summed E-state index contributed by atoms with van der Waals surface area (Å²) < 4.78 is 10.6. The minimum absolute atomic E-state index is 0.387. The maximum absolute atomic E-state index is 5.49. The summed E-state index contributed by atoms with van der Waals surface area (Å²) in [6.07, 6.45) is 0. The van der Waals surface area contributed by atoms with Crippen molar-refractivity contribution in [1.82, 2.24) is 5.16 Å². The van der Waals surface area contributed by atoms with Gasteiger partial charge in [-0.1, -0.05) is 5.16 Å². The van der Waals surface area contributed by atoms with Gasteiger partial charge in [-0.15, -0.1) is 0 Å². The highest BCUT2D eigenvalue weighted by molar-refractivity contribution is 5.66. The quantitative estimate of drug-likeness (QED) is 0.753. The first kappa shape index (κ1) is 8.87. The summed E-state index contributed by atoms with van der Waals surface area (Å²) in [5.41, 5.74) is 7.51. The second-order valence-corrected chi connectivity index (χ2v) is 3.33. The highest BCUT2D eigenvalue weighted by Gasteiger charge is 2.16. The van der Waals surface area contributed by atoms with E-state index in [9.17, 15) is 0 Å². The Hall–Kier alpha value is -1.71. The molecule has 0 unspecified atom stereocenters. The van der Waals surface area contributed by atoms with E-state index in [1.807, 2.05) is 20.8 Å². The van der Waals surface area contributed by atoms with Crippen LogP contribution in [0.15, 0.2) is 15.0 Å². The van der Waals surface area contributed by atoms with Crippen molar-refractivity contribution in [3.63, 3.8) is 0 Å². The Labute approximate surface area is 81.7 Å². The van der Waals surface area contributed by atoms with E-state index < -0.39 is 0 Å². The molecule has 0 radical (unpaired) electrons. The number of nitrogens with zero attached hydrogens (tertiary/aromatic N) is 1. The SMILES string of the molecule is Cc1oc(C)c(-c2cc(N)no2)c1C. The Morgan fingerprint density at radius 2 is 1.93 bits per heavy atom. The maximum atomic E-state index is 5.49. The predicted octanol–water partition coefficient (Wildman–Crippen LogP) is 2.44. The maximum Gasteiger partial charge on any atom is 0.172 e. The Morgan fingerprint density at radius 1 is 1.21 bits per heavy atom. The lowest BCUT2D eigenvalue weighted by atomic mass is 10.1. The molecule has 0 fully saturated rings. The molecule has 0 atom stereocenters. The van der Waals surface area contributed by atoms with Crippen LogP contribution in [-0.2, 0) is 0 Å². The van der Waals surface area contributed by atoms with Crippen LogP contribution in [0.5, 0.6) is 0 Å². The molecular formula is C10H12N2O2. The number of hydrogen-bond acceptors (Lipinski definition) is 4. The number of rotatable bonds is 1. The van der Waals surface area contributed by atoms with Crippen molar-refractivity contribution >= 4 is 5.82 Å². The Kier molecular flexibility index (Phi) is 1.84. The summed E-state index contributed by atoms with van der Waals surface area (Å²) in [5.74, 6) is 2.77. The van der Waals surface area contributed by atoms with Gasteiger partial charge in [0, 0.05) is 11.6 Å². The molecule has 2 aromatic rings. The summed E-state index contributed by atoms with van der Waals surface area (Å²) in [4.78, 5) is 0. The van der Waals surface area contributed by atoms with Crippen molar-refractivity contribution in [2.45, 2.75) is 20.8 Å². The number of aromatic nitrogens is 1. The molecule has 0 amide bonds. The molecule has 74 valence electrons. The van der Waals surface area contributed by atoms with Gasteiger partial charge in [-0.05, 0) is 20.8 Å². The van der Waals surface area contributed by atoms with Gasteiger partial charge in [-0.2, -0.15) is 0 Å². The standard InChI is InChI=1S/C10H12N2O2/c1-5-6(2)13-7(3)10(5)8-4-9(11)12-14-8/h4H,1-3H3,(H2,11,12). The highest BCUT2D eigenvalue weighted by atomic mass is 16.5. The van der Waals surface area contributed by atoms with Gasteiger partial charge in [-0.25, -0.2) is 0 Å². The van der Waals surface area contributed by atoms with E-state index in [1.54, 1.807) is 6.07 Å². The lowest BCUT2D eigenvalue weighted by Gasteiger charge is -1.92. The lowest BCUT2D eigenvalue weighted by Crippen LogP contribution is -1.80. The number of aryl methyl sites for hydroxylation is 2. The Balaban J connectivity index is 2.61. The van der Waals surface area contributed by atoms with Crippen molar-refractivity contribution in [3.8, 4) is 11.3 Å². The molecule has 0 aliphatic heterocycles. The van der Waals surface area contributed by atoms with E-state index in [0.717, 1.165) is 22.6 Å². The number of furan rings is 1. The molecule has 2 aromatic heterocycles. The van der Waals surface area contributed by atoms with E-state index >= 15 is 0 Å². The minimum atomic E-state index is 0.387. The predicted molar refractivity (Wildman–Crippen MR) is 52.8 cm³/mol. The molecule has 2 rings (SSSR count). The molecule has 0 aromatic carbocycles. The van der Waals surface area contributed by atoms with Crippen LogP contribution in [-0.4, -0.2) is 5.16 Å². The normalized spacial score (nSPS) is 10.8. The number of nitrogens with two attached hydrogens (primary N) is 1. The van der Waals surface area contributed by atoms with Crippen LogP contribution in [0, 0.1) is 20.8 Å². The summed E-state index contributed by atoms with van der Waals surface area (Å²) in [6.45, 7) is 5.81. The Bertz CT molecular complexity index is 468. The van der Waals surface area contributed by atoms with Crippen LogP contribution < -0.4 is 5.73 Å². The summed E-state index contributed by atoms with van der Waals surface area (Å²) in [6, 6.07) is 1.70. The molecule has 4 heteroatoms. The minimum Gasteiger partial charge on any atom is -0.466 e. The third kappa shape index (κ3) is 1.19. The van der Waals surface area contributed by atoms with Crippen LogP contribution in [0.25, 0.3) is 11.3 Å². The van der Waals surface area contributed by atoms with E-state index in [0.29, 0.717) is 11.6 Å². The van der Waals surface area contributed by atoms with Crippen LogP contribution in [0.1, 0.15) is 17.1 Å². The highest BCUT2D eigenvalue weighted by Crippen LogP contribution is 2.32. The number of anilines is 1. The average molecular weight is 192 g/mol. The fourth-order valence-electron chi connectivity index (χ4n) is 1.56. The lowest BCUT2D eigenvalue weighted by molar-refractivity contribution is 0.434. The van der Waals surface area contributed by atoms with Crippen LogP contribution in [0.3, 0.4) is 0 Å². The molecule has 0 bridgehead atoms. The molecule has 0 aliphatic rings. The first-order valence-electron chi connectivity index (χ1n) is 4.38. The Morgan fingerprint density at radius 3 is 2.36 bits per heavy atom. The van der Waals surface area contributed by atoms with E-state index in [1.165, 1.54) is 0 Å². The zero-order valence-electron chi connectivity index (χ0n) is 8.42. The van der Waals surface area contributed by atoms with Gasteiger partial charge < -0.3 is 14.7 Å². The van der Waals surface area contributed by atoms with Gasteiger partial charge >= 0.3 is 0 Å². The molecule has 4 nitrogen and oxygen atoms in total. The first-order valence-corrected chi connectivity index (χ1v) is 4.38. The average Bonchev–Trinajstić information content (AvgIpc) is 2.60. The van der Waals surface area contributed by atoms with Gasteiger partial charge in [0.2, 0.25) is 0 Å². The van der Waals surface area contributed by atoms with Crippen molar-refractivity contribution in [2.24, 2.45) is 0 Å². The van der Waals surface area contributed by atoms with Gasteiger partial charge in [-0.3, -0.25) is 0 Å². The zero-order valence-corrected chi connectivity index (χ0v) is 8.42. The monoisotopic (exact) mass is 192 g/mol. The third-order valence-electron chi connectivity index (χ3n) is 2.34. The molecule has 2 N–H and O–H groups in total. The van der Waals surface area contributed by atoms with E-state index in [-0.39, 0.29) is 0 Å². The fourth-order valence-corrected chi connectivity index (χ4v) is 1.56. The molecule has 0 aliphatic carbocycles. The van der Waals surface area contributed by atoms with Crippen LogP contribution in [0.2, 0.25) is 0 Å². The number of nitrogen functional groups attached to an aromatic ring is 1. The van der Waals surface area contributed by atoms with Gasteiger partial charge in [0.25, 0.3) is 0 Å². The second-order valence-electron chi connectivity index (χ2n) is 3.33. The van der Waals surface area contributed by atoms with Crippen molar-refractivity contribution in [1.29, 1.82) is 0 Å². The molecule has 0 saturated heterocycles. The largest absolute Gasteiger partial charge is 0.466 e. The first-order chi connectivity index (χ1) is 6.59. The summed E-state index contributed by atoms with van der Waals surface area (Å²) >= 11 is 0. The summed E-state index contributed by atoms with van der Waals surface area (Å²) in [5, 5.41) is 3.65. The van der Waals surface area contributed by atoms with Gasteiger partial charge in [0.1, 0.15) is 11.5 Å². The van der Waals surface area contributed by atoms with E-state index in [2.05, 4.69) is 5.16 Å². The molecule has 0 spiro atoms. The van der Waals surface area contributed by atoms with Crippen LogP contribution >= 0.6 is 0 Å². The van der Waals surface area contributed by atoms with Crippen LogP contribution in [0.4, 0.5) is 5.82 Å². The molecule has 2 heterocycles. The third-order valence-corrected chi connectivity index (χ3v) is 2.34. The second kappa shape index (κ2) is 2.90. The molecule has 0 saturated carbocycles. The number of hydrogen-bond donors (Lipinski definition) is 1. The van der Waals surface area contributed by atoms with Crippen molar-refractivity contribution < 1.29 is 8.94 Å².